The van der Waals surface area contributed by atoms with E-state index < -0.39 is 0 Å². The fraction of sp³-hybridized carbons (Fsp3) is 0.182. The monoisotopic (exact) mass is 483 g/mol. The standard InChI is InChI=1S/C33H29N3O/c1-33(2,3)22-13-10-20(11-14-22)29-17-21-12-15-23(37-4)18-25(21)32-26-19-35-27-8-5-7-24(30(26)27)31-28(36(29)32)9-6-16-34-31/h5-19,32,35H,1-4H3. The van der Waals surface area contributed by atoms with E-state index in [1.54, 1.807) is 7.11 Å². The first-order valence-electron chi connectivity index (χ1n) is 12.8. The Labute approximate surface area is 217 Å². The van der Waals surface area contributed by atoms with Crippen LogP contribution in [0, 0.1) is 0 Å². The van der Waals surface area contributed by atoms with Crippen LogP contribution in [0.1, 0.15) is 54.6 Å². The molecule has 7 rings (SSSR count). The van der Waals surface area contributed by atoms with Crippen LogP contribution < -0.4 is 9.64 Å². The summed E-state index contributed by atoms with van der Waals surface area (Å²) in [6, 6.07) is 26.1. The largest absolute Gasteiger partial charge is 0.497 e. The van der Waals surface area contributed by atoms with Gasteiger partial charge in [0.1, 0.15) is 5.75 Å². The van der Waals surface area contributed by atoms with Crippen molar-refractivity contribution in [2.45, 2.75) is 32.2 Å². The Balaban J connectivity index is 1.56. The molecule has 2 aliphatic rings. The number of aromatic amines is 1. The van der Waals surface area contributed by atoms with Gasteiger partial charge in [-0.15, -0.1) is 0 Å². The lowest BCUT2D eigenvalue weighted by Gasteiger charge is -2.39. The maximum absolute atomic E-state index is 5.68. The number of nitrogens with zero attached hydrogens (tertiary/aromatic N) is 2. The fourth-order valence-electron chi connectivity index (χ4n) is 5.90. The molecule has 0 aliphatic carbocycles. The van der Waals surface area contributed by atoms with Gasteiger partial charge < -0.3 is 14.6 Å². The Morgan fingerprint density at radius 2 is 1.76 bits per heavy atom. The maximum Gasteiger partial charge on any atom is 0.119 e. The van der Waals surface area contributed by atoms with Crippen LogP contribution in [0.2, 0.25) is 0 Å². The van der Waals surface area contributed by atoms with E-state index in [0.29, 0.717) is 0 Å². The first-order valence-corrected chi connectivity index (χ1v) is 12.8. The van der Waals surface area contributed by atoms with Crippen LogP contribution in [0.4, 0.5) is 5.69 Å². The average Bonchev–Trinajstić information content (AvgIpc) is 3.30. The molecule has 5 aromatic rings. The van der Waals surface area contributed by atoms with Crippen molar-refractivity contribution in [2.24, 2.45) is 0 Å². The molecule has 0 fully saturated rings. The molecule has 4 heterocycles. The minimum absolute atomic E-state index is 0.0345. The lowest BCUT2D eigenvalue weighted by Crippen LogP contribution is -2.31. The zero-order valence-corrected chi connectivity index (χ0v) is 21.5. The van der Waals surface area contributed by atoms with Gasteiger partial charge >= 0.3 is 0 Å². The molecule has 1 unspecified atom stereocenters. The molecule has 1 atom stereocenters. The average molecular weight is 484 g/mol. The predicted octanol–water partition coefficient (Wildman–Crippen LogP) is 7.96. The molecule has 0 bridgehead atoms. The lowest BCUT2D eigenvalue weighted by atomic mass is 9.85. The molecular weight excluding hydrogens is 454 g/mol. The summed E-state index contributed by atoms with van der Waals surface area (Å²) in [7, 11) is 1.73. The summed E-state index contributed by atoms with van der Waals surface area (Å²) < 4.78 is 5.68. The molecule has 0 saturated heterocycles. The highest BCUT2D eigenvalue weighted by Crippen LogP contribution is 2.53. The van der Waals surface area contributed by atoms with E-state index in [2.05, 4.69) is 110 Å². The Kier molecular flexibility index (Phi) is 4.65. The van der Waals surface area contributed by atoms with Gasteiger partial charge in [-0.1, -0.05) is 63.2 Å². The van der Waals surface area contributed by atoms with Crippen LogP contribution in [0.3, 0.4) is 0 Å². The van der Waals surface area contributed by atoms with Crippen molar-refractivity contribution >= 4 is 28.4 Å². The minimum Gasteiger partial charge on any atom is -0.497 e. The summed E-state index contributed by atoms with van der Waals surface area (Å²) in [5, 5.41) is 1.23. The Morgan fingerprint density at radius 1 is 0.919 bits per heavy atom. The van der Waals surface area contributed by atoms with Gasteiger partial charge in [-0.05, 0) is 64.1 Å². The van der Waals surface area contributed by atoms with Gasteiger partial charge in [-0.3, -0.25) is 4.98 Å². The predicted molar refractivity (Wildman–Crippen MR) is 152 cm³/mol. The van der Waals surface area contributed by atoms with Gasteiger partial charge in [0.25, 0.3) is 0 Å². The Morgan fingerprint density at radius 3 is 2.54 bits per heavy atom. The normalized spacial score (nSPS) is 15.9. The minimum atomic E-state index is -0.0345. The van der Waals surface area contributed by atoms with E-state index >= 15 is 0 Å². The number of hydrogen-bond donors (Lipinski definition) is 1. The number of pyridine rings is 1. The van der Waals surface area contributed by atoms with E-state index in [0.717, 1.165) is 28.2 Å². The van der Waals surface area contributed by atoms with Crippen LogP contribution in [0.25, 0.3) is 33.9 Å². The summed E-state index contributed by atoms with van der Waals surface area (Å²) in [6.07, 6.45) is 6.38. The van der Waals surface area contributed by atoms with Crippen molar-refractivity contribution in [2.75, 3.05) is 12.0 Å². The molecule has 37 heavy (non-hydrogen) atoms. The number of nitrogens with one attached hydrogen (secondary N) is 1. The number of anilines is 1. The number of rotatable bonds is 2. The van der Waals surface area contributed by atoms with Gasteiger partial charge in [0, 0.05) is 40.1 Å². The highest BCUT2D eigenvalue weighted by molar-refractivity contribution is 6.06. The second-order valence-corrected chi connectivity index (χ2v) is 11.0. The molecule has 4 heteroatoms. The van der Waals surface area contributed by atoms with Crippen LogP contribution in [-0.4, -0.2) is 17.1 Å². The highest BCUT2D eigenvalue weighted by Gasteiger charge is 2.38. The summed E-state index contributed by atoms with van der Waals surface area (Å²) in [5.41, 5.74) is 11.8. The van der Waals surface area contributed by atoms with Gasteiger partial charge in [-0.2, -0.15) is 0 Å². The Hall–Kier alpha value is -4.31. The van der Waals surface area contributed by atoms with Crippen molar-refractivity contribution in [1.82, 2.24) is 9.97 Å². The molecule has 4 nitrogen and oxygen atoms in total. The van der Waals surface area contributed by atoms with E-state index in [1.807, 2.05) is 12.3 Å². The molecular formula is C33H29N3O. The third kappa shape index (κ3) is 3.25. The second kappa shape index (κ2) is 7.84. The third-order valence-electron chi connectivity index (χ3n) is 7.78. The van der Waals surface area contributed by atoms with Crippen LogP contribution in [0.15, 0.2) is 85.2 Å². The topological polar surface area (TPSA) is 41.1 Å². The summed E-state index contributed by atoms with van der Waals surface area (Å²) in [5.74, 6) is 0.862. The van der Waals surface area contributed by atoms with Crippen molar-refractivity contribution in [3.8, 4) is 17.0 Å². The van der Waals surface area contributed by atoms with Crippen LogP contribution >= 0.6 is 0 Å². The van der Waals surface area contributed by atoms with E-state index in [4.69, 9.17) is 9.72 Å². The molecule has 2 aliphatic heterocycles. The molecule has 1 N–H and O–H groups in total. The molecule has 0 amide bonds. The summed E-state index contributed by atoms with van der Waals surface area (Å²) in [6.45, 7) is 6.77. The molecule has 3 aromatic carbocycles. The van der Waals surface area contributed by atoms with E-state index in [9.17, 15) is 0 Å². The quantitative estimate of drug-likeness (QED) is 0.277. The second-order valence-electron chi connectivity index (χ2n) is 11.0. The molecule has 0 radical (unpaired) electrons. The van der Waals surface area contributed by atoms with Crippen LogP contribution in [0.5, 0.6) is 5.75 Å². The first-order chi connectivity index (χ1) is 17.9. The number of methoxy groups -OCH3 is 1. The van der Waals surface area contributed by atoms with Gasteiger partial charge in [-0.25, -0.2) is 0 Å². The zero-order valence-electron chi connectivity index (χ0n) is 21.5. The van der Waals surface area contributed by atoms with Crippen LogP contribution in [-0.2, 0) is 5.41 Å². The molecule has 0 spiro atoms. The fourth-order valence-corrected chi connectivity index (χ4v) is 5.90. The number of aromatic nitrogens is 2. The van der Waals surface area contributed by atoms with Crippen molar-refractivity contribution < 1.29 is 4.74 Å². The molecule has 0 saturated carbocycles. The van der Waals surface area contributed by atoms with Gasteiger partial charge in [0.2, 0.25) is 0 Å². The van der Waals surface area contributed by atoms with Crippen molar-refractivity contribution in [1.29, 1.82) is 0 Å². The van der Waals surface area contributed by atoms with E-state index in [-0.39, 0.29) is 11.5 Å². The summed E-state index contributed by atoms with van der Waals surface area (Å²) >= 11 is 0. The third-order valence-corrected chi connectivity index (χ3v) is 7.78. The number of fused-ring (bicyclic) bond motifs is 7. The lowest BCUT2D eigenvalue weighted by molar-refractivity contribution is 0.414. The summed E-state index contributed by atoms with van der Waals surface area (Å²) in [4.78, 5) is 10.9. The van der Waals surface area contributed by atoms with Crippen molar-refractivity contribution in [3.63, 3.8) is 0 Å². The first kappa shape index (κ1) is 21.9. The number of H-pyrrole nitrogens is 1. The zero-order chi connectivity index (χ0) is 25.3. The highest BCUT2D eigenvalue weighted by atomic mass is 16.5. The number of benzene rings is 3. The SMILES string of the molecule is COc1ccc2c(c1)C1c3c[nH]c4cccc(c34)-c3ncccc3N1C(c1ccc(C(C)(C)C)cc1)=C2. The van der Waals surface area contributed by atoms with Gasteiger partial charge in [0.15, 0.2) is 0 Å². The maximum atomic E-state index is 5.68. The molecule has 182 valence electrons. The Bertz CT molecular complexity index is 1700. The van der Waals surface area contributed by atoms with Crippen molar-refractivity contribution in [3.05, 3.63) is 113 Å². The van der Waals surface area contributed by atoms with E-state index in [1.165, 1.54) is 38.9 Å². The number of ether oxygens (including phenoxy) is 1. The number of hydrogen-bond acceptors (Lipinski definition) is 3. The molecule has 2 aromatic heterocycles. The smallest absolute Gasteiger partial charge is 0.119 e. The van der Waals surface area contributed by atoms with Gasteiger partial charge in [0.05, 0.1) is 24.5 Å².